The highest BCUT2D eigenvalue weighted by Gasteiger charge is 2.38. The minimum atomic E-state index is -1.05. The van der Waals surface area contributed by atoms with Gasteiger partial charge in [-0.3, -0.25) is 9.69 Å². The molecule has 1 aliphatic heterocycles. The first-order chi connectivity index (χ1) is 10.1. The largest absolute Gasteiger partial charge is 0.480 e. The Balaban J connectivity index is 2.03. The standard InChI is InChI=1S/C16H12FNO3/c17-12-7-5-10(6-8-12)15(19)18-13-4-2-1-3-11(13)9-14(18)16(20)21/h1-8,14H,9H2,(H,20,21)/t14-/m0/s1. The number of carbonyl (C=O) groups excluding carboxylic acids is 1. The summed E-state index contributed by atoms with van der Waals surface area (Å²) < 4.78 is 13.0. The second kappa shape index (κ2) is 5.01. The maximum Gasteiger partial charge on any atom is 0.327 e. The van der Waals surface area contributed by atoms with Crippen molar-refractivity contribution in [3.63, 3.8) is 0 Å². The van der Waals surface area contributed by atoms with Crippen LogP contribution in [-0.4, -0.2) is 23.0 Å². The molecule has 4 nitrogen and oxygen atoms in total. The summed E-state index contributed by atoms with van der Waals surface area (Å²) in [6.07, 6.45) is 0.276. The number of para-hydroxylation sites is 1. The molecule has 1 N–H and O–H groups in total. The summed E-state index contributed by atoms with van der Waals surface area (Å²) >= 11 is 0. The Kier molecular flexibility index (Phi) is 3.17. The van der Waals surface area contributed by atoms with Gasteiger partial charge in [0.25, 0.3) is 5.91 Å². The lowest BCUT2D eigenvalue weighted by Crippen LogP contribution is -2.42. The molecule has 0 spiro atoms. The summed E-state index contributed by atoms with van der Waals surface area (Å²) in [6, 6.07) is 11.3. The Labute approximate surface area is 120 Å². The maximum absolute atomic E-state index is 13.0. The normalized spacial score (nSPS) is 16.6. The van der Waals surface area contributed by atoms with E-state index in [4.69, 9.17) is 0 Å². The first kappa shape index (κ1) is 13.3. The summed E-state index contributed by atoms with van der Waals surface area (Å²) in [6.45, 7) is 0. The molecular weight excluding hydrogens is 273 g/mol. The first-order valence-corrected chi connectivity index (χ1v) is 6.48. The minimum absolute atomic E-state index is 0.263. The van der Waals surface area contributed by atoms with Gasteiger partial charge < -0.3 is 5.11 Å². The minimum Gasteiger partial charge on any atom is -0.480 e. The maximum atomic E-state index is 13.0. The third kappa shape index (κ3) is 2.27. The summed E-state index contributed by atoms with van der Waals surface area (Å²) in [7, 11) is 0. The van der Waals surface area contributed by atoms with Gasteiger partial charge in [0.15, 0.2) is 0 Å². The van der Waals surface area contributed by atoms with Gasteiger partial charge in [-0.05, 0) is 35.9 Å². The van der Waals surface area contributed by atoms with Gasteiger partial charge in [0.05, 0.1) is 0 Å². The quantitative estimate of drug-likeness (QED) is 0.922. The Morgan fingerprint density at radius 3 is 2.43 bits per heavy atom. The van der Waals surface area contributed by atoms with E-state index in [1.807, 2.05) is 12.1 Å². The Morgan fingerprint density at radius 2 is 1.76 bits per heavy atom. The van der Waals surface area contributed by atoms with Crippen molar-refractivity contribution in [2.75, 3.05) is 4.90 Å². The van der Waals surface area contributed by atoms with E-state index in [0.717, 1.165) is 5.56 Å². The van der Waals surface area contributed by atoms with Crippen molar-refractivity contribution < 1.29 is 19.1 Å². The van der Waals surface area contributed by atoms with E-state index in [1.165, 1.54) is 29.2 Å². The number of carboxylic acid groups (broad SMARTS) is 1. The predicted molar refractivity (Wildman–Crippen MR) is 74.8 cm³/mol. The molecular formula is C16H12FNO3. The van der Waals surface area contributed by atoms with Crippen LogP contribution in [-0.2, 0) is 11.2 Å². The van der Waals surface area contributed by atoms with Crippen molar-refractivity contribution >= 4 is 17.6 Å². The summed E-state index contributed by atoms with van der Waals surface area (Å²) in [5.74, 6) is -1.93. The van der Waals surface area contributed by atoms with Crippen LogP contribution in [0.25, 0.3) is 0 Å². The van der Waals surface area contributed by atoms with Gasteiger partial charge in [0, 0.05) is 17.7 Å². The molecule has 1 heterocycles. The second-order valence-corrected chi connectivity index (χ2v) is 4.87. The van der Waals surface area contributed by atoms with E-state index in [-0.39, 0.29) is 12.0 Å². The molecule has 0 aliphatic carbocycles. The average molecular weight is 285 g/mol. The van der Waals surface area contributed by atoms with Crippen molar-refractivity contribution in [2.24, 2.45) is 0 Å². The lowest BCUT2D eigenvalue weighted by molar-refractivity contribution is -0.138. The average Bonchev–Trinajstić information content (AvgIpc) is 2.87. The highest BCUT2D eigenvalue weighted by molar-refractivity contribution is 6.10. The van der Waals surface area contributed by atoms with Crippen LogP contribution in [0.2, 0.25) is 0 Å². The summed E-state index contributed by atoms with van der Waals surface area (Å²) in [4.78, 5) is 25.3. The molecule has 0 radical (unpaired) electrons. The van der Waals surface area contributed by atoms with Crippen molar-refractivity contribution in [3.05, 3.63) is 65.5 Å². The lowest BCUT2D eigenvalue weighted by Gasteiger charge is -2.22. The summed E-state index contributed by atoms with van der Waals surface area (Å²) in [5.41, 5.74) is 1.68. The highest BCUT2D eigenvalue weighted by Crippen LogP contribution is 2.33. The number of rotatable bonds is 2. The van der Waals surface area contributed by atoms with Gasteiger partial charge in [0.2, 0.25) is 0 Å². The number of carboxylic acids is 1. The molecule has 21 heavy (non-hydrogen) atoms. The molecule has 1 atom stereocenters. The number of nitrogens with zero attached hydrogens (tertiary/aromatic N) is 1. The molecule has 0 fully saturated rings. The number of hydrogen-bond acceptors (Lipinski definition) is 2. The topological polar surface area (TPSA) is 57.6 Å². The molecule has 2 aromatic carbocycles. The third-order valence-electron chi connectivity index (χ3n) is 3.57. The van der Waals surface area contributed by atoms with Crippen LogP contribution in [0.4, 0.5) is 10.1 Å². The van der Waals surface area contributed by atoms with Gasteiger partial charge in [-0.2, -0.15) is 0 Å². The summed E-state index contributed by atoms with van der Waals surface area (Å²) in [5, 5.41) is 9.34. The predicted octanol–water partition coefficient (Wildman–Crippen LogP) is 2.48. The molecule has 2 aromatic rings. The van der Waals surface area contributed by atoms with Crippen LogP contribution < -0.4 is 4.90 Å². The van der Waals surface area contributed by atoms with E-state index in [0.29, 0.717) is 5.69 Å². The molecule has 106 valence electrons. The zero-order valence-corrected chi connectivity index (χ0v) is 11.0. The molecule has 1 aliphatic rings. The zero-order chi connectivity index (χ0) is 15.0. The molecule has 0 saturated heterocycles. The van der Waals surface area contributed by atoms with E-state index in [2.05, 4.69) is 0 Å². The Bertz CT molecular complexity index is 712. The molecule has 0 aromatic heterocycles. The van der Waals surface area contributed by atoms with Crippen LogP contribution in [0.1, 0.15) is 15.9 Å². The molecule has 1 amide bonds. The van der Waals surface area contributed by atoms with E-state index >= 15 is 0 Å². The zero-order valence-electron chi connectivity index (χ0n) is 11.0. The number of amides is 1. The SMILES string of the molecule is O=C(O)[C@@H]1Cc2ccccc2N1C(=O)c1ccc(F)cc1. The van der Waals surface area contributed by atoms with Gasteiger partial charge in [0.1, 0.15) is 11.9 Å². The van der Waals surface area contributed by atoms with E-state index in [9.17, 15) is 19.1 Å². The number of carbonyl (C=O) groups is 2. The number of aliphatic carboxylic acids is 1. The van der Waals surface area contributed by atoms with E-state index in [1.54, 1.807) is 12.1 Å². The van der Waals surface area contributed by atoms with Crippen LogP contribution in [0.3, 0.4) is 0 Å². The highest BCUT2D eigenvalue weighted by atomic mass is 19.1. The number of fused-ring (bicyclic) bond motifs is 1. The monoisotopic (exact) mass is 285 g/mol. The molecule has 5 heteroatoms. The fraction of sp³-hybridized carbons (Fsp3) is 0.125. The van der Waals surface area contributed by atoms with Gasteiger partial charge in [-0.25, -0.2) is 9.18 Å². The Hall–Kier alpha value is -2.69. The molecule has 0 bridgehead atoms. The first-order valence-electron chi connectivity index (χ1n) is 6.48. The fourth-order valence-corrected chi connectivity index (χ4v) is 2.57. The molecule has 0 saturated carbocycles. The third-order valence-corrected chi connectivity index (χ3v) is 3.57. The van der Waals surface area contributed by atoms with E-state index < -0.39 is 23.7 Å². The second-order valence-electron chi connectivity index (χ2n) is 4.87. The fourth-order valence-electron chi connectivity index (χ4n) is 2.57. The van der Waals surface area contributed by atoms with Crippen molar-refractivity contribution in [3.8, 4) is 0 Å². The van der Waals surface area contributed by atoms with Crippen molar-refractivity contribution in [1.82, 2.24) is 0 Å². The number of hydrogen-bond donors (Lipinski definition) is 1. The smallest absolute Gasteiger partial charge is 0.327 e. The van der Waals surface area contributed by atoms with Crippen molar-refractivity contribution in [2.45, 2.75) is 12.5 Å². The van der Waals surface area contributed by atoms with Crippen LogP contribution >= 0.6 is 0 Å². The van der Waals surface area contributed by atoms with Gasteiger partial charge in [-0.1, -0.05) is 18.2 Å². The molecule has 3 rings (SSSR count). The number of anilines is 1. The Morgan fingerprint density at radius 1 is 1.10 bits per heavy atom. The number of benzene rings is 2. The van der Waals surface area contributed by atoms with Crippen LogP contribution in [0, 0.1) is 5.82 Å². The van der Waals surface area contributed by atoms with Crippen LogP contribution in [0.5, 0.6) is 0 Å². The van der Waals surface area contributed by atoms with Crippen molar-refractivity contribution in [1.29, 1.82) is 0 Å². The molecule has 0 unspecified atom stereocenters. The van der Waals surface area contributed by atoms with Gasteiger partial charge >= 0.3 is 5.97 Å². The van der Waals surface area contributed by atoms with Crippen LogP contribution in [0.15, 0.2) is 48.5 Å². The lowest BCUT2D eigenvalue weighted by atomic mass is 10.1. The van der Waals surface area contributed by atoms with Gasteiger partial charge in [-0.15, -0.1) is 0 Å². The number of halogens is 1.